The van der Waals surface area contributed by atoms with E-state index in [1.54, 1.807) is 7.11 Å². The third-order valence-corrected chi connectivity index (χ3v) is 8.07. The van der Waals surface area contributed by atoms with Crippen LogP contribution in [-0.4, -0.2) is 86.0 Å². The highest BCUT2D eigenvalue weighted by Gasteiger charge is 2.64. The van der Waals surface area contributed by atoms with Gasteiger partial charge in [-0.15, -0.1) is 0 Å². The van der Waals surface area contributed by atoms with Gasteiger partial charge in [0.1, 0.15) is 6.61 Å². The molecule has 0 N–H and O–H groups in total. The Labute approximate surface area is 163 Å². The number of likely N-dealkylation sites (tertiary alicyclic amines) is 3. The molecular formula is C21H35N3O3. The van der Waals surface area contributed by atoms with Crippen LogP contribution in [0, 0.1) is 16.7 Å². The number of hydrogen-bond acceptors (Lipinski definition) is 4. The first-order valence-electron chi connectivity index (χ1n) is 10.8. The largest absolute Gasteiger partial charge is 0.375 e. The third-order valence-electron chi connectivity index (χ3n) is 8.07. The van der Waals surface area contributed by atoms with Crippen LogP contribution in [0.1, 0.15) is 45.4 Å². The summed E-state index contributed by atoms with van der Waals surface area (Å²) in [7, 11) is 1.58. The standard InChI is InChI=1S/C21H35N3O3/c1-3-22-14-17-20(8-12-23(13-9-20)18(25)15-27-2)6-7-21(17,16-22)19(26)24-10-4-5-11-24/h17H,3-16H2,1-2H3/t17-,21+/m0/s1. The molecule has 4 fully saturated rings. The molecule has 27 heavy (non-hydrogen) atoms. The number of carbonyl (C=O) groups excluding carboxylic acids is 2. The molecule has 0 aromatic carbocycles. The highest BCUT2D eigenvalue weighted by molar-refractivity contribution is 5.85. The van der Waals surface area contributed by atoms with Gasteiger partial charge in [-0.25, -0.2) is 0 Å². The lowest BCUT2D eigenvalue weighted by Crippen LogP contribution is -2.50. The highest BCUT2D eigenvalue weighted by atomic mass is 16.5. The Morgan fingerprint density at radius 1 is 1.00 bits per heavy atom. The van der Waals surface area contributed by atoms with Crippen LogP contribution in [0.2, 0.25) is 0 Å². The molecule has 0 radical (unpaired) electrons. The lowest BCUT2D eigenvalue weighted by atomic mass is 9.65. The fourth-order valence-corrected chi connectivity index (χ4v) is 6.50. The van der Waals surface area contributed by atoms with Crippen LogP contribution < -0.4 is 0 Å². The van der Waals surface area contributed by atoms with Gasteiger partial charge in [0.2, 0.25) is 11.8 Å². The molecule has 0 unspecified atom stereocenters. The van der Waals surface area contributed by atoms with Crippen LogP contribution in [-0.2, 0) is 14.3 Å². The number of fused-ring (bicyclic) bond motifs is 2. The second kappa shape index (κ2) is 7.36. The average molecular weight is 378 g/mol. The Hall–Kier alpha value is -1.14. The van der Waals surface area contributed by atoms with E-state index in [0.29, 0.717) is 11.8 Å². The molecule has 0 aromatic rings. The zero-order valence-corrected chi connectivity index (χ0v) is 17.0. The van der Waals surface area contributed by atoms with Crippen LogP contribution in [0.25, 0.3) is 0 Å². The predicted octanol–water partition coefficient (Wildman–Crippen LogP) is 1.60. The van der Waals surface area contributed by atoms with E-state index < -0.39 is 0 Å². The summed E-state index contributed by atoms with van der Waals surface area (Å²) in [6.07, 6.45) is 6.59. The van der Waals surface area contributed by atoms with Gasteiger partial charge in [-0.05, 0) is 56.4 Å². The minimum absolute atomic E-state index is 0.103. The van der Waals surface area contributed by atoms with Crippen LogP contribution in [0.4, 0.5) is 0 Å². The number of hydrogen-bond donors (Lipinski definition) is 0. The van der Waals surface area contributed by atoms with Crippen molar-refractivity contribution in [2.75, 3.05) is 59.5 Å². The van der Waals surface area contributed by atoms with E-state index in [0.717, 1.165) is 84.3 Å². The topological polar surface area (TPSA) is 53.1 Å². The average Bonchev–Trinajstić information content (AvgIpc) is 3.39. The van der Waals surface area contributed by atoms with E-state index in [4.69, 9.17) is 4.74 Å². The SMILES string of the molecule is CCN1C[C@H]2C3(CCN(C(=O)COC)CC3)CC[C@@]2(C(=O)N2CCCC2)C1. The number of amides is 2. The second-order valence-electron chi connectivity index (χ2n) is 9.21. The van der Waals surface area contributed by atoms with Crippen LogP contribution in [0.5, 0.6) is 0 Å². The summed E-state index contributed by atoms with van der Waals surface area (Å²) >= 11 is 0. The normalized spacial score (nSPS) is 33.0. The molecule has 6 heteroatoms. The zero-order chi connectivity index (χ0) is 19.1. The maximum atomic E-state index is 13.6. The number of methoxy groups -OCH3 is 1. The summed E-state index contributed by atoms with van der Waals surface area (Å²) in [5.74, 6) is 1.000. The molecule has 4 aliphatic rings. The minimum atomic E-state index is -0.168. The molecule has 1 aliphatic carbocycles. The molecule has 3 aliphatic heterocycles. The maximum Gasteiger partial charge on any atom is 0.248 e. The van der Waals surface area contributed by atoms with E-state index in [9.17, 15) is 9.59 Å². The first-order chi connectivity index (χ1) is 13.0. The minimum Gasteiger partial charge on any atom is -0.375 e. The van der Waals surface area contributed by atoms with E-state index in [1.165, 1.54) is 0 Å². The Bertz CT molecular complexity index is 581. The molecule has 0 bridgehead atoms. The second-order valence-corrected chi connectivity index (χ2v) is 9.21. The van der Waals surface area contributed by atoms with Crippen molar-refractivity contribution in [1.29, 1.82) is 0 Å². The van der Waals surface area contributed by atoms with Gasteiger partial charge >= 0.3 is 0 Å². The molecule has 2 atom stereocenters. The fourth-order valence-electron chi connectivity index (χ4n) is 6.50. The quantitative estimate of drug-likeness (QED) is 0.747. The Balaban J connectivity index is 1.53. The Morgan fingerprint density at radius 3 is 2.33 bits per heavy atom. The Kier molecular flexibility index (Phi) is 5.23. The first-order valence-corrected chi connectivity index (χ1v) is 10.8. The molecule has 152 valence electrons. The van der Waals surface area contributed by atoms with E-state index in [2.05, 4.69) is 16.7 Å². The van der Waals surface area contributed by atoms with Gasteiger partial charge in [0.05, 0.1) is 5.41 Å². The molecular weight excluding hydrogens is 342 g/mol. The molecule has 4 rings (SSSR count). The lowest BCUT2D eigenvalue weighted by Gasteiger charge is -2.45. The van der Waals surface area contributed by atoms with Crippen molar-refractivity contribution >= 4 is 11.8 Å². The molecule has 0 aromatic heterocycles. The summed E-state index contributed by atoms with van der Waals surface area (Å²) < 4.78 is 5.03. The first kappa shape index (κ1) is 19.2. The van der Waals surface area contributed by atoms with E-state index in [-0.39, 0.29) is 23.3 Å². The number of nitrogens with zero attached hydrogens (tertiary/aromatic N) is 3. The van der Waals surface area contributed by atoms with Gasteiger partial charge in [-0.1, -0.05) is 6.92 Å². The van der Waals surface area contributed by atoms with Crippen molar-refractivity contribution in [1.82, 2.24) is 14.7 Å². The van der Waals surface area contributed by atoms with Gasteiger partial charge in [0.15, 0.2) is 0 Å². The fraction of sp³-hybridized carbons (Fsp3) is 0.905. The zero-order valence-electron chi connectivity index (χ0n) is 17.0. The van der Waals surface area contributed by atoms with Crippen molar-refractivity contribution < 1.29 is 14.3 Å². The summed E-state index contributed by atoms with van der Waals surface area (Å²) in [6, 6.07) is 0. The summed E-state index contributed by atoms with van der Waals surface area (Å²) in [4.78, 5) is 32.4. The van der Waals surface area contributed by atoms with Gasteiger partial charge in [-0.2, -0.15) is 0 Å². The maximum absolute atomic E-state index is 13.6. The van der Waals surface area contributed by atoms with E-state index >= 15 is 0 Å². The number of ether oxygens (including phenoxy) is 1. The summed E-state index contributed by atoms with van der Waals surface area (Å²) in [6.45, 7) is 8.96. The van der Waals surface area contributed by atoms with Crippen molar-refractivity contribution in [2.24, 2.45) is 16.7 Å². The van der Waals surface area contributed by atoms with Crippen LogP contribution in [0.15, 0.2) is 0 Å². The van der Waals surface area contributed by atoms with Crippen molar-refractivity contribution in [2.45, 2.75) is 45.4 Å². The van der Waals surface area contributed by atoms with Gasteiger partial charge in [-0.3, -0.25) is 9.59 Å². The molecule has 3 heterocycles. The lowest BCUT2D eigenvalue weighted by molar-refractivity contribution is -0.144. The molecule has 3 saturated heterocycles. The van der Waals surface area contributed by atoms with Crippen LogP contribution in [0.3, 0.4) is 0 Å². The van der Waals surface area contributed by atoms with Gasteiger partial charge in [0, 0.05) is 46.4 Å². The number of piperidine rings is 1. The summed E-state index contributed by atoms with van der Waals surface area (Å²) in [5, 5.41) is 0. The van der Waals surface area contributed by atoms with Crippen molar-refractivity contribution in [3.63, 3.8) is 0 Å². The van der Waals surface area contributed by atoms with Crippen molar-refractivity contribution in [3.8, 4) is 0 Å². The van der Waals surface area contributed by atoms with E-state index in [1.807, 2.05) is 4.90 Å². The summed E-state index contributed by atoms with van der Waals surface area (Å²) in [5.41, 5.74) is 0.0716. The Morgan fingerprint density at radius 2 is 1.70 bits per heavy atom. The monoisotopic (exact) mass is 377 g/mol. The number of rotatable bonds is 4. The third kappa shape index (κ3) is 3.09. The number of carbonyl (C=O) groups is 2. The predicted molar refractivity (Wildman–Crippen MR) is 103 cm³/mol. The molecule has 1 saturated carbocycles. The van der Waals surface area contributed by atoms with Gasteiger partial charge in [0.25, 0.3) is 0 Å². The van der Waals surface area contributed by atoms with Crippen molar-refractivity contribution in [3.05, 3.63) is 0 Å². The smallest absolute Gasteiger partial charge is 0.248 e. The molecule has 2 amide bonds. The van der Waals surface area contributed by atoms with Gasteiger partial charge < -0.3 is 19.4 Å². The molecule has 1 spiro atoms. The van der Waals surface area contributed by atoms with Crippen LogP contribution >= 0.6 is 0 Å². The molecule has 6 nitrogen and oxygen atoms in total. The highest BCUT2D eigenvalue weighted by Crippen LogP contribution is 2.62.